The molecule has 0 saturated heterocycles. The molecule has 0 bridgehead atoms. The second kappa shape index (κ2) is 9.84. The summed E-state index contributed by atoms with van der Waals surface area (Å²) in [6.45, 7) is 4.42. The Bertz CT molecular complexity index is 1320. The van der Waals surface area contributed by atoms with Crippen LogP contribution in [0.3, 0.4) is 0 Å². The van der Waals surface area contributed by atoms with Gasteiger partial charge in [0.2, 0.25) is 0 Å². The minimum Gasteiger partial charge on any atom is -0.478 e. The second-order valence-corrected chi connectivity index (χ2v) is 8.27. The molecule has 3 rings (SSSR count). The molecule has 1 amide bonds. The highest BCUT2D eigenvalue weighted by atomic mass is 19.4. The Hall–Kier alpha value is -4.15. The summed E-state index contributed by atoms with van der Waals surface area (Å²) in [5, 5.41) is 11.4. The van der Waals surface area contributed by atoms with Crippen molar-refractivity contribution in [2.24, 2.45) is 0 Å². The summed E-state index contributed by atoms with van der Waals surface area (Å²) in [5.41, 5.74) is -2.99. The van der Waals surface area contributed by atoms with Gasteiger partial charge in [-0.2, -0.15) is 13.2 Å². The van der Waals surface area contributed by atoms with Gasteiger partial charge in [-0.25, -0.2) is 13.6 Å². The minimum atomic E-state index is -4.78. The third-order valence-electron chi connectivity index (χ3n) is 4.93. The minimum absolute atomic E-state index is 0.0443. The summed E-state index contributed by atoms with van der Waals surface area (Å²) in [5.74, 6) is -3.96. The molecule has 3 aromatic carbocycles. The molecular weight excluding hydrogens is 489 g/mol. The number of carbonyl (C=O) groups is 2. The number of hydrogen-bond donors (Lipinski definition) is 2. The Morgan fingerprint density at radius 1 is 0.917 bits per heavy atom. The van der Waals surface area contributed by atoms with Crippen LogP contribution in [0.15, 0.2) is 54.6 Å². The van der Waals surface area contributed by atoms with Crippen LogP contribution in [0, 0.1) is 18.6 Å². The number of carboxylic acids is 1. The number of carboxylic acid groups (broad SMARTS) is 1. The number of ether oxygens (including phenoxy) is 2. The molecule has 0 aliphatic heterocycles. The van der Waals surface area contributed by atoms with Crippen molar-refractivity contribution in [2.45, 2.75) is 32.5 Å². The second-order valence-electron chi connectivity index (χ2n) is 8.27. The average molecular weight is 509 g/mol. The zero-order valence-corrected chi connectivity index (χ0v) is 19.2. The van der Waals surface area contributed by atoms with E-state index in [1.165, 1.54) is 38.1 Å². The topological polar surface area (TPSA) is 84.9 Å². The summed E-state index contributed by atoms with van der Waals surface area (Å²) in [7, 11) is 0. The van der Waals surface area contributed by atoms with E-state index in [0.717, 1.165) is 12.1 Å². The Morgan fingerprint density at radius 2 is 1.61 bits per heavy atom. The van der Waals surface area contributed by atoms with Gasteiger partial charge >= 0.3 is 12.1 Å². The molecule has 0 unspecified atom stereocenters. The van der Waals surface area contributed by atoms with E-state index in [9.17, 15) is 36.6 Å². The standard InChI is InChI=1S/C25H20F5NO5/c1-13-8-17(5-7-21(13)36-24(2,3)23(33)34)35-18-11-15(26)10-16(12-18)31-22(32)19-6-4-14(9-20(19)27)25(28,29)30/h4-12H,1-3H3,(H,31,32)(H,33,34). The zero-order chi connectivity index (χ0) is 26.8. The lowest BCUT2D eigenvalue weighted by molar-refractivity contribution is -0.152. The highest BCUT2D eigenvalue weighted by Crippen LogP contribution is 2.32. The maximum atomic E-state index is 14.1. The number of amides is 1. The monoisotopic (exact) mass is 509 g/mol. The Morgan fingerprint density at radius 3 is 2.19 bits per heavy atom. The summed E-state index contributed by atoms with van der Waals surface area (Å²) < 4.78 is 77.5. The fraction of sp³-hybridized carbons (Fsp3) is 0.200. The molecule has 0 heterocycles. The molecule has 0 radical (unpaired) electrons. The van der Waals surface area contributed by atoms with Crippen LogP contribution < -0.4 is 14.8 Å². The molecule has 0 atom stereocenters. The largest absolute Gasteiger partial charge is 0.478 e. The number of anilines is 1. The number of carbonyl (C=O) groups excluding carboxylic acids is 1. The lowest BCUT2D eigenvalue weighted by Gasteiger charge is -2.23. The van der Waals surface area contributed by atoms with Gasteiger partial charge in [0, 0.05) is 17.8 Å². The smallest absolute Gasteiger partial charge is 0.416 e. The molecule has 0 fully saturated rings. The number of hydrogen-bond acceptors (Lipinski definition) is 4. The van der Waals surface area contributed by atoms with Gasteiger partial charge < -0.3 is 19.9 Å². The predicted octanol–water partition coefficient (Wildman–Crippen LogP) is 6.58. The number of aryl methyl sites for hydroxylation is 1. The fourth-order valence-corrected chi connectivity index (χ4v) is 3.02. The summed E-state index contributed by atoms with van der Waals surface area (Å²) >= 11 is 0. The van der Waals surface area contributed by atoms with Crippen molar-refractivity contribution in [1.29, 1.82) is 0 Å². The van der Waals surface area contributed by atoms with Gasteiger partial charge in [0.25, 0.3) is 5.91 Å². The van der Waals surface area contributed by atoms with Crippen molar-refractivity contribution < 1.29 is 46.1 Å². The van der Waals surface area contributed by atoms with Gasteiger partial charge in [0.1, 0.15) is 28.9 Å². The molecule has 11 heteroatoms. The first-order valence-electron chi connectivity index (χ1n) is 10.4. The Labute approximate surface area is 202 Å². The number of nitrogens with one attached hydrogen (secondary N) is 1. The van der Waals surface area contributed by atoms with Crippen molar-refractivity contribution in [3.05, 3.63) is 82.9 Å². The van der Waals surface area contributed by atoms with E-state index < -0.39 is 46.4 Å². The van der Waals surface area contributed by atoms with E-state index in [4.69, 9.17) is 9.47 Å². The van der Waals surface area contributed by atoms with E-state index in [2.05, 4.69) is 5.32 Å². The van der Waals surface area contributed by atoms with Crippen LogP contribution >= 0.6 is 0 Å². The molecular formula is C25H20F5NO5. The van der Waals surface area contributed by atoms with Crippen LogP contribution in [-0.4, -0.2) is 22.6 Å². The van der Waals surface area contributed by atoms with E-state index in [1.807, 2.05) is 0 Å². The van der Waals surface area contributed by atoms with E-state index >= 15 is 0 Å². The van der Waals surface area contributed by atoms with Crippen LogP contribution in [0.5, 0.6) is 17.2 Å². The van der Waals surface area contributed by atoms with Crippen LogP contribution in [0.4, 0.5) is 27.6 Å². The maximum Gasteiger partial charge on any atom is 0.416 e. The summed E-state index contributed by atoms with van der Waals surface area (Å²) in [6.07, 6.45) is -4.78. The van der Waals surface area contributed by atoms with Crippen molar-refractivity contribution >= 4 is 17.6 Å². The maximum absolute atomic E-state index is 14.1. The number of benzene rings is 3. The molecule has 190 valence electrons. The van der Waals surface area contributed by atoms with Gasteiger partial charge in [0.15, 0.2) is 5.60 Å². The third kappa shape index (κ3) is 6.29. The molecule has 0 aromatic heterocycles. The van der Waals surface area contributed by atoms with Crippen molar-refractivity contribution in [3.63, 3.8) is 0 Å². The normalized spacial score (nSPS) is 11.7. The molecule has 0 spiro atoms. The third-order valence-corrected chi connectivity index (χ3v) is 4.93. The van der Waals surface area contributed by atoms with Crippen LogP contribution in [0.25, 0.3) is 0 Å². The zero-order valence-electron chi connectivity index (χ0n) is 19.2. The Kier molecular flexibility index (Phi) is 7.23. The van der Waals surface area contributed by atoms with Gasteiger partial charge in [-0.05, 0) is 68.8 Å². The molecule has 36 heavy (non-hydrogen) atoms. The number of halogens is 5. The van der Waals surface area contributed by atoms with Gasteiger partial charge in [-0.3, -0.25) is 4.79 Å². The van der Waals surface area contributed by atoms with Crippen molar-refractivity contribution in [3.8, 4) is 17.2 Å². The SMILES string of the molecule is Cc1cc(Oc2cc(F)cc(NC(=O)c3ccc(C(F)(F)F)cc3F)c2)ccc1OC(C)(C)C(=O)O. The first-order chi connectivity index (χ1) is 16.7. The first kappa shape index (κ1) is 26.5. The molecule has 3 aromatic rings. The van der Waals surface area contributed by atoms with Crippen molar-refractivity contribution in [1.82, 2.24) is 0 Å². The molecule has 6 nitrogen and oxygen atoms in total. The van der Waals surface area contributed by atoms with Crippen LogP contribution in [0.2, 0.25) is 0 Å². The lowest BCUT2D eigenvalue weighted by atomic mass is 10.1. The van der Waals surface area contributed by atoms with Crippen LogP contribution in [-0.2, 0) is 11.0 Å². The highest BCUT2D eigenvalue weighted by Gasteiger charge is 2.32. The fourth-order valence-electron chi connectivity index (χ4n) is 3.02. The quantitative estimate of drug-likeness (QED) is 0.352. The number of alkyl halides is 3. The first-order valence-corrected chi connectivity index (χ1v) is 10.4. The highest BCUT2D eigenvalue weighted by molar-refractivity contribution is 6.04. The van der Waals surface area contributed by atoms with E-state index in [-0.39, 0.29) is 23.3 Å². The molecule has 0 saturated carbocycles. The van der Waals surface area contributed by atoms with Crippen LogP contribution in [0.1, 0.15) is 35.3 Å². The summed E-state index contributed by atoms with van der Waals surface area (Å²) in [6, 6.07) is 9.07. The molecule has 0 aliphatic rings. The molecule has 2 N–H and O–H groups in total. The summed E-state index contributed by atoms with van der Waals surface area (Å²) in [4.78, 5) is 23.6. The lowest BCUT2D eigenvalue weighted by Crippen LogP contribution is -2.38. The Balaban J connectivity index is 1.78. The molecule has 0 aliphatic carbocycles. The number of aliphatic carboxylic acids is 1. The predicted molar refractivity (Wildman–Crippen MR) is 119 cm³/mol. The van der Waals surface area contributed by atoms with Gasteiger partial charge in [-0.1, -0.05) is 0 Å². The van der Waals surface area contributed by atoms with E-state index in [1.54, 1.807) is 6.92 Å². The van der Waals surface area contributed by atoms with Crippen molar-refractivity contribution in [2.75, 3.05) is 5.32 Å². The van der Waals surface area contributed by atoms with Gasteiger partial charge in [-0.15, -0.1) is 0 Å². The number of rotatable bonds is 7. The van der Waals surface area contributed by atoms with E-state index in [0.29, 0.717) is 23.4 Å². The van der Waals surface area contributed by atoms with Gasteiger partial charge in [0.05, 0.1) is 11.1 Å². The average Bonchev–Trinajstić information content (AvgIpc) is 2.74.